The molecule has 1 amide bonds. The Labute approximate surface area is 116 Å². The van der Waals surface area contributed by atoms with Gasteiger partial charge in [-0.15, -0.1) is 0 Å². The molecule has 2 aliphatic heterocycles. The Morgan fingerprint density at radius 3 is 2.32 bits per heavy atom. The number of aliphatic hydroxyl groups is 1. The van der Waals surface area contributed by atoms with Crippen molar-refractivity contribution < 1.29 is 9.90 Å². The fourth-order valence-corrected chi connectivity index (χ4v) is 3.07. The van der Waals surface area contributed by atoms with Crippen LogP contribution in [-0.2, 0) is 4.79 Å². The molecule has 2 aliphatic rings. The van der Waals surface area contributed by atoms with Gasteiger partial charge in [0.2, 0.25) is 5.91 Å². The van der Waals surface area contributed by atoms with Crippen molar-refractivity contribution in [1.82, 2.24) is 14.7 Å². The highest BCUT2D eigenvalue weighted by atomic mass is 16.3. The Morgan fingerprint density at radius 1 is 1.21 bits per heavy atom. The van der Waals surface area contributed by atoms with Gasteiger partial charge in [-0.3, -0.25) is 9.69 Å². The molecule has 2 rings (SSSR count). The van der Waals surface area contributed by atoms with Crippen LogP contribution in [0, 0.1) is 5.92 Å². The van der Waals surface area contributed by atoms with Gasteiger partial charge in [-0.2, -0.15) is 0 Å². The number of β-amino-alcohol motifs (C(OH)–C–C–N with tert-alkyl or cyclic N) is 1. The van der Waals surface area contributed by atoms with Crippen molar-refractivity contribution in [2.75, 3.05) is 52.9 Å². The van der Waals surface area contributed by atoms with Crippen LogP contribution in [-0.4, -0.2) is 84.2 Å². The average Bonchev–Trinajstić information content (AvgIpc) is 2.74. The topological polar surface area (TPSA) is 47.0 Å². The zero-order chi connectivity index (χ0) is 14.0. The van der Waals surface area contributed by atoms with Gasteiger partial charge in [0.1, 0.15) is 0 Å². The van der Waals surface area contributed by atoms with Crippen molar-refractivity contribution in [2.24, 2.45) is 5.92 Å². The van der Waals surface area contributed by atoms with Crippen LogP contribution in [0.2, 0.25) is 0 Å². The second-order valence-electron chi connectivity index (χ2n) is 6.66. The second kappa shape index (κ2) is 5.77. The Hall–Kier alpha value is -0.650. The predicted molar refractivity (Wildman–Crippen MR) is 74.9 cm³/mol. The summed E-state index contributed by atoms with van der Waals surface area (Å²) in [5.41, 5.74) is -0.652. The molecule has 0 bridgehead atoms. The smallest absolute Gasteiger partial charge is 0.227 e. The SMILES string of the molecule is CN1CC[C@@H](C(=O)N2CCN(CC(C)(C)O)CC2)C1. The molecule has 1 N–H and O–H groups in total. The van der Waals surface area contributed by atoms with Crippen molar-refractivity contribution in [3.8, 4) is 0 Å². The van der Waals surface area contributed by atoms with Gasteiger partial charge in [0.05, 0.1) is 11.5 Å². The Balaban J connectivity index is 1.78. The quantitative estimate of drug-likeness (QED) is 0.774. The van der Waals surface area contributed by atoms with E-state index >= 15 is 0 Å². The molecule has 2 saturated heterocycles. The second-order valence-corrected chi connectivity index (χ2v) is 6.66. The standard InChI is InChI=1S/C14H27N3O2/c1-14(2,19)11-16-6-8-17(9-7-16)13(18)12-4-5-15(3)10-12/h12,19H,4-11H2,1-3H3/t12-/m1/s1. The third-order valence-corrected chi connectivity index (χ3v) is 4.04. The molecule has 0 aromatic heterocycles. The highest BCUT2D eigenvalue weighted by Crippen LogP contribution is 2.18. The summed E-state index contributed by atoms with van der Waals surface area (Å²) in [7, 11) is 2.08. The third-order valence-electron chi connectivity index (χ3n) is 4.04. The maximum absolute atomic E-state index is 12.4. The van der Waals surface area contributed by atoms with Crippen LogP contribution in [0.1, 0.15) is 20.3 Å². The number of amides is 1. The van der Waals surface area contributed by atoms with E-state index in [-0.39, 0.29) is 5.92 Å². The normalized spacial score (nSPS) is 26.9. The van der Waals surface area contributed by atoms with E-state index in [9.17, 15) is 9.90 Å². The summed E-state index contributed by atoms with van der Waals surface area (Å²) in [6.07, 6.45) is 0.999. The molecule has 0 aromatic carbocycles. The molecule has 0 aliphatic carbocycles. The van der Waals surface area contributed by atoms with Crippen molar-refractivity contribution in [3.05, 3.63) is 0 Å². The lowest BCUT2D eigenvalue weighted by Crippen LogP contribution is -2.53. The molecule has 19 heavy (non-hydrogen) atoms. The molecule has 5 nitrogen and oxygen atoms in total. The lowest BCUT2D eigenvalue weighted by Gasteiger charge is -2.38. The first kappa shape index (κ1) is 14.8. The average molecular weight is 269 g/mol. The molecule has 0 aromatic rings. The van der Waals surface area contributed by atoms with Gasteiger partial charge in [0.25, 0.3) is 0 Å². The number of piperazine rings is 1. The lowest BCUT2D eigenvalue weighted by atomic mass is 10.1. The molecule has 0 spiro atoms. The Kier molecular flexibility index (Phi) is 4.48. The minimum absolute atomic E-state index is 0.200. The van der Waals surface area contributed by atoms with Crippen LogP contribution in [0.25, 0.3) is 0 Å². The van der Waals surface area contributed by atoms with Gasteiger partial charge >= 0.3 is 0 Å². The molecule has 0 unspecified atom stereocenters. The Bertz CT molecular complexity index is 319. The van der Waals surface area contributed by atoms with E-state index in [1.165, 1.54) is 0 Å². The molecule has 110 valence electrons. The van der Waals surface area contributed by atoms with Crippen LogP contribution in [0.4, 0.5) is 0 Å². The number of carbonyl (C=O) groups excluding carboxylic acids is 1. The number of rotatable bonds is 3. The van der Waals surface area contributed by atoms with Gasteiger partial charge in [-0.25, -0.2) is 0 Å². The summed E-state index contributed by atoms with van der Waals surface area (Å²) in [6.45, 7) is 9.64. The zero-order valence-corrected chi connectivity index (χ0v) is 12.4. The summed E-state index contributed by atoms with van der Waals surface area (Å²) >= 11 is 0. The molecular weight excluding hydrogens is 242 g/mol. The van der Waals surface area contributed by atoms with Crippen LogP contribution < -0.4 is 0 Å². The number of likely N-dealkylation sites (tertiary alicyclic amines) is 1. The maximum atomic E-state index is 12.4. The van der Waals surface area contributed by atoms with Crippen LogP contribution in [0.5, 0.6) is 0 Å². The number of carbonyl (C=O) groups is 1. The zero-order valence-electron chi connectivity index (χ0n) is 12.4. The third kappa shape index (κ3) is 4.16. The van der Waals surface area contributed by atoms with Gasteiger partial charge in [0, 0.05) is 39.3 Å². The van der Waals surface area contributed by atoms with E-state index in [4.69, 9.17) is 0 Å². The van der Waals surface area contributed by atoms with Crippen LogP contribution in [0.15, 0.2) is 0 Å². The fraction of sp³-hybridized carbons (Fsp3) is 0.929. The molecule has 0 saturated carbocycles. The van der Waals surface area contributed by atoms with E-state index < -0.39 is 5.60 Å². The van der Waals surface area contributed by atoms with Crippen LogP contribution in [0.3, 0.4) is 0 Å². The number of nitrogens with zero attached hydrogens (tertiary/aromatic N) is 3. The maximum Gasteiger partial charge on any atom is 0.227 e. The summed E-state index contributed by atoms with van der Waals surface area (Å²) < 4.78 is 0. The first-order valence-electron chi connectivity index (χ1n) is 7.27. The van der Waals surface area contributed by atoms with E-state index in [1.807, 2.05) is 18.7 Å². The molecule has 0 radical (unpaired) electrons. The first-order chi connectivity index (χ1) is 8.85. The highest BCUT2D eigenvalue weighted by molar-refractivity contribution is 5.79. The number of hydrogen-bond acceptors (Lipinski definition) is 4. The van der Waals surface area contributed by atoms with Gasteiger partial charge < -0.3 is 14.9 Å². The van der Waals surface area contributed by atoms with Gasteiger partial charge in [0.15, 0.2) is 0 Å². The molecular formula is C14H27N3O2. The van der Waals surface area contributed by atoms with Crippen molar-refractivity contribution in [2.45, 2.75) is 25.9 Å². The highest BCUT2D eigenvalue weighted by Gasteiger charge is 2.32. The Morgan fingerprint density at radius 2 is 1.84 bits per heavy atom. The summed E-state index contributed by atoms with van der Waals surface area (Å²) in [4.78, 5) is 18.8. The van der Waals surface area contributed by atoms with Crippen molar-refractivity contribution >= 4 is 5.91 Å². The fourth-order valence-electron chi connectivity index (χ4n) is 3.07. The minimum atomic E-state index is -0.652. The molecule has 2 fully saturated rings. The summed E-state index contributed by atoms with van der Waals surface area (Å²) in [6, 6.07) is 0. The monoisotopic (exact) mass is 269 g/mol. The molecule has 5 heteroatoms. The van der Waals surface area contributed by atoms with Crippen molar-refractivity contribution in [3.63, 3.8) is 0 Å². The molecule has 1 atom stereocenters. The lowest BCUT2D eigenvalue weighted by molar-refractivity contribution is -0.137. The predicted octanol–water partition coefficient (Wildman–Crippen LogP) is -0.147. The van der Waals surface area contributed by atoms with E-state index in [1.54, 1.807) is 0 Å². The van der Waals surface area contributed by atoms with Crippen molar-refractivity contribution in [1.29, 1.82) is 0 Å². The largest absolute Gasteiger partial charge is 0.389 e. The number of hydrogen-bond donors (Lipinski definition) is 1. The first-order valence-corrected chi connectivity index (χ1v) is 7.27. The van der Waals surface area contributed by atoms with E-state index in [0.29, 0.717) is 12.5 Å². The van der Waals surface area contributed by atoms with E-state index in [0.717, 1.165) is 45.7 Å². The molecule has 2 heterocycles. The summed E-state index contributed by atoms with van der Waals surface area (Å²) in [5.74, 6) is 0.526. The minimum Gasteiger partial charge on any atom is -0.389 e. The van der Waals surface area contributed by atoms with Gasteiger partial charge in [-0.1, -0.05) is 0 Å². The van der Waals surface area contributed by atoms with E-state index in [2.05, 4.69) is 16.8 Å². The summed E-state index contributed by atoms with van der Waals surface area (Å²) in [5, 5.41) is 9.82. The van der Waals surface area contributed by atoms with Crippen LogP contribution >= 0.6 is 0 Å². The van der Waals surface area contributed by atoms with Gasteiger partial charge in [-0.05, 0) is 33.9 Å².